The Morgan fingerprint density at radius 1 is 1.30 bits per heavy atom. The molecule has 4 rings (SSSR count). The minimum Gasteiger partial charge on any atom is -0.355 e. The van der Waals surface area contributed by atoms with Gasteiger partial charge in [0, 0.05) is 55.9 Å². The zero-order valence-corrected chi connectivity index (χ0v) is 15.9. The highest BCUT2D eigenvalue weighted by atomic mass is 16.2. The number of piperazine rings is 1. The van der Waals surface area contributed by atoms with Gasteiger partial charge in [0.2, 0.25) is 11.8 Å². The number of carbonyl (C=O) groups excluding carboxylic acids is 2. The predicted octanol–water partition coefficient (Wildman–Crippen LogP) is 0.719. The van der Waals surface area contributed by atoms with Crippen molar-refractivity contribution < 1.29 is 9.59 Å². The predicted molar refractivity (Wildman–Crippen MR) is 102 cm³/mol. The molecule has 3 heterocycles. The Balaban J connectivity index is 1.36. The van der Waals surface area contributed by atoms with E-state index in [0.29, 0.717) is 12.6 Å². The van der Waals surface area contributed by atoms with Crippen molar-refractivity contribution in [1.29, 1.82) is 0 Å². The molecule has 0 spiro atoms. The number of hydrazine groups is 1. The second kappa shape index (κ2) is 7.94. The summed E-state index contributed by atoms with van der Waals surface area (Å²) in [7, 11) is 0. The molecule has 7 nitrogen and oxygen atoms in total. The quantitative estimate of drug-likeness (QED) is 0.798. The Labute approximate surface area is 160 Å². The van der Waals surface area contributed by atoms with Crippen molar-refractivity contribution in [2.45, 2.75) is 57.2 Å². The van der Waals surface area contributed by atoms with Crippen LogP contribution in [0.15, 0.2) is 24.4 Å². The van der Waals surface area contributed by atoms with Crippen LogP contribution in [0.5, 0.6) is 0 Å². The van der Waals surface area contributed by atoms with E-state index in [1.54, 1.807) is 6.20 Å². The second-order valence-corrected chi connectivity index (χ2v) is 7.75. The molecule has 0 aromatic carbocycles. The summed E-state index contributed by atoms with van der Waals surface area (Å²) in [5.74, 6) is 0.320. The van der Waals surface area contributed by atoms with Crippen LogP contribution in [-0.4, -0.2) is 64.5 Å². The maximum atomic E-state index is 12.8. The van der Waals surface area contributed by atoms with Gasteiger partial charge in [-0.1, -0.05) is 6.07 Å². The number of hydrogen-bond donors (Lipinski definition) is 2. The highest BCUT2D eigenvalue weighted by Crippen LogP contribution is 2.37. The van der Waals surface area contributed by atoms with Crippen LogP contribution in [-0.2, 0) is 16.0 Å². The summed E-state index contributed by atoms with van der Waals surface area (Å²) >= 11 is 0. The summed E-state index contributed by atoms with van der Waals surface area (Å²) in [6, 6.07) is 6.27. The average Bonchev–Trinajstić information content (AvgIpc) is 3.19. The van der Waals surface area contributed by atoms with Crippen molar-refractivity contribution in [3.63, 3.8) is 0 Å². The molecular weight excluding hydrogens is 342 g/mol. The van der Waals surface area contributed by atoms with E-state index in [4.69, 9.17) is 0 Å². The lowest BCUT2D eigenvalue weighted by Gasteiger charge is -2.51. The van der Waals surface area contributed by atoms with Gasteiger partial charge >= 0.3 is 0 Å². The molecule has 3 aliphatic rings. The second-order valence-electron chi connectivity index (χ2n) is 7.75. The van der Waals surface area contributed by atoms with Gasteiger partial charge < -0.3 is 10.2 Å². The van der Waals surface area contributed by atoms with Gasteiger partial charge in [0.15, 0.2) is 0 Å². The number of hydrogen-bond acceptors (Lipinski definition) is 5. The zero-order valence-electron chi connectivity index (χ0n) is 15.9. The Morgan fingerprint density at radius 3 is 2.96 bits per heavy atom. The molecule has 0 bridgehead atoms. The first-order chi connectivity index (χ1) is 13.2. The maximum absolute atomic E-state index is 12.8. The number of amides is 2. The summed E-state index contributed by atoms with van der Waals surface area (Å²) in [5.41, 5.74) is 4.40. The minimum absolute atomic E-state index is 0.0176. The number of nitrogens with zero attached hydrogens (tertiary/aromatic N) is 3. The van der Waals surface area contributed by atoms with Crippen molar-refractivity contribution >= 4 is 11.8 Å². The molecule has 0 radical (unpaired) electrons. The van der Waals surface area contributed by atoms with Crippen molar-refractivity contribution in [3.8, 4) is 0 Å². The Hall–Kier alpha value is -1.99. The number of fused-ring (bicyclic) bond motifs is 3. The third-order valence-electron chi connectivity index (χ3n) is 6.27. The molecule has 1 aromatic heterocycles. The number of nitrogens with one attached hydrogen (secondary N) is 2. The number of pyridine rings is 1. The summed E-state index contributed by atoms with van der Waals surface area (Å²) in [4.78, 5) is 31.9. The number of rotatable bonds is 5. The molecule has 1 aromatic rings. The van der Waals surface area contributed by atoms with Gasteiger partial charge in [0.1, 0.15) is 6.04 Å². The van der Waals surface area contributed by atoms with Gasteiger partial charge in [-0.2, -0.15) is 0 Å². The Bertz CT molecular complexity index is 682. The lowest BCUT2D eigenvalue weighted by Crippen LogP contribution is -2.68. The van der Waals surface area contributed by atoms with Gasteiger partial charge in [-0.3, -0.25) is 20.0 Å². The first kappa shape index (κ1) is 18.4. The van der Waals surface area contributed by atoms with Crippen molar-refractivity contribution in [1.82, 2.24) is 25.6 Å². The summed E-state index contributed by atoms with van der Waals surface area (Å²) in [6.07, 6.45) is 5.99. The van der Waals surface area contributed by atoms with Gasteiger partial charge in [-0.05, 0) is 44.7 Å². The lowest BCUT2D eigenvalue weighted by atomic mass is 9.78. The zero-order chi connectivity index (χ0) is 18.8. The van der Waals surface area contributed by atoms with Crippen LogP contribution in [0.3, 0.4) is 0 Å². The summed E-state index contributed by atoms with van der Waals surface area (Å²) < 4.78 is 0. The Morgan fingerprint density at radius 2 is 2.19 bits per heavy atom. The topological polar surface area (TPSA) is 77.6 Å². The number of carbonyl (C=O) groups is 2. The fourth-order valence-corrected chi connectivity index (χ4v) is 4.95. The standard InChI is InChI=1S/C20H29N5O2/c1-2-24-18-13-14(19(26)22-11-8-15-5-3-4-10-21-15)6-7-16(18)25-17(20(24)27)9-12-23-25/h3-5,10,14,16-18,23H,2,6-9,11-13H2,1H3,(H,22,26). The van der Waals surface area contributed by atoms with Crippen molar-refractivity contribution in [3.05, 3.63) is 30.1 Å². The monoisotopic (exact) mass is 371 g/mol. The molecule has 4 atom stereocenters. The molecule has 3 fully saturated rings. The van der Waals surface area contributed by atoms with E-state index < -0.39 is 0 Å². The van der Waals surface area contributed by atoms with E-state index in [1.165, 1.54) is 0 Å². The normalized spacial score (nSPS) is 30.7. The Kier molecular flexibility index (Phi) is 5.41. The smallest absolute Gasteiger partial charge is 0.241 e. The van der Waals surface area contributed by atoms with Gasteiger partial charge in [0.25, 0.3) is 0 Å². The number of aromatic nitrogens is 1. The molecule has 2 saturated heterocycles. The van der Waals surface area contributed by atoms with Crippen LogP contribution in [0.1, 0.15) is 38.3 Å². The van der Waals surface area contributed by atoms with Gasteiger partial charge in [0.05, 0.1) is 0 Å². The first-order valence-electron chi connectivity index (χ1n) is 10.2. The van der Waals surface area contributed by atoms with Crippen molar-refractivity contribution in [2.24, 2.45) is 5.92 Å². The van der Waals surface area contributed by atoms with Crippen LogP contribution in [0, 0.1) is 5.92 Å². The van der Waals surface area contributed by atoms with E-state index >= 15 is 0 Å². The molecule has 2 amide bonds. The number of likely N-dealkylation sites (N-methyl/N-ethyl adjacent to an activating group) is 1. The van der Waals surface area contributed by atoms with Gasteiger partial charge in [-0.25, -0.2) is 5.01 Å². The van der Waals surface area contributed by atoms with Crippen LogP contribution in [0.2, 0.25) is 0 Å². The van der Waals surface area contributed by atoms with Crippen molar-refractivity contribution in [2.75, 3.05) is 19.6 Å². The highest BCUT2D eigenvalue weighted by molar-refractivity contribution is 5.84. The van der Waals surface area contributed by atoms with Crippen LogP contribution in [0.4, 0.5) is 0 Å². The first-order valence-corrected chi connectivity index (χ1v) is 10.2. The largest absolute Gasteiger partial charge is 0.355 e. The maximum Gasteiger partial charge on any atom is 0.241 e. The van der Waals surface area contributed by atoms with Crippen LogP contribution >= 0.6 is 0 Å². The van der Waals surface area contributed by atoms with Crippen LogP contribution in [0.25, 0.3) is 0 Å². The molecule has 4 unspecified atom stereocenters. The van der Waals surface area contributed by atoms with E-state index in [1.807, 2.05) is 30.0 Å². The third-order valence-corrected chi connectivity index (χ3v) is 6.27. The highest BCUT2D eigenvalue weighted by Gasteiger charge is 2.50. The molecule has 146 valence electrons. The van der Waals surface area contributed by atoms with E-state index in [9.17, 15) is 9.59 Å². The SMILES string of the molecule is CCN1C(=O)C2CCNN2C2CCC(C(=O)NCCc3ccccn3)CC21. The fraction of sp³-hybridized carbons (Fsp3) is 0.650. The minimum atomic E-state index is -0.0186. The van der Waals surface area contributed by atoms with Crippen LogP contribution < -0.4 is 10.7 Å². The molecule has 27 heavy (non-hydrogen) atoms. The average molecular weight is 371 g/mol. The molecule has 7 heteroatoms. The molecule has 1 aliphatic carbocycles. The van der Waals surface area contributed by atoms with E-state index in [2.05, 4.69) is 20.7 Å². The summed E-state index contributed by atoms with van der Waals surface area (Å²) in [5, 5.41) is 5.26. The summed E-state index contributed by atoms with van der Waals surface area (Å²) in [6.45, 7) is 4.24. The van der Waals surface area contributed by atoms with E-state index in [0.717, 1.165) is 50.9 Å². The third kappa shape index (κ3) is 3.58. The molecule has 2 aliphatic heterocycles. The van der Waals surface area contributed by atoms with E-state index in [-0.39, 0.29) is 29.8 Å². The molecule has 1 saturated carbocycles. The lowest BCUT2D eigenvalue weighted by molar-refractivity contribution is -0.155. The fourth-order valence-electron chi connectivity index (χ4n) is 4.95. The van der Waals surface area contributed by atoms with Gasteiger partial charge in [-0.15, -0.1) is 0 Å². The molecule has 2 N–H and O–H groups in total. The molecular formula is C20H29N5O2.